The summed E-state index contributed by atoms with van der Waals surface area (Å²) in [5.74, 6) is 0. The van der Waals surface area contributed by atoms with E-state index in [2.05, 4.69) is 124 Å². The van der Waals surface area contributed by atoms with Crippen LogP contribution in [0.1, 0.15) is 36.1 Å². The molecule has 0 aliphatic heterocycles. The minimum atomic E-state index is 0. The van der Waals surface area contributed by atoms with Crippen molar-refractivity contribution in [2.75, 3.05) is 0 Å². The van der Waals surface area contributed by atoms with Gasteiger partial charge in [-0.05, 0) is 6.42 Å². The van der Waals surface area contributed by atoms with Crippen LogP contribution < -0.4 is 0 Å². The van der Waals surface area contributed by atoms with Crippen LogP contribution in [0.3, 0.4) is 0 Å². The van der Waals surface area contributed by atoms with Crippen molar-refractivity contribution in [3.05, 3.63) is 132 Å². The average molecular weight is 689 g/mol. The zero-order valence-electron chi connectivity index (χ0n) is 20.8. The molecule has 0 amide bonds. The van der Waals surface area contributed by atoms with Crippen LogP contribution in [0, 0.1) is 12.8 Å². The summed E-state index contributed by atoms with van der Waals surface area (Å²) in [5.41, 5.74) is 5.48. The van der Waals surface area contributed by atoms with Crippen molar-refractivity contribution < 1.29 is 98.1 Å². The molecule has 0 aliphatic rings. The molecule has 0 atom stereocenters. The maximum absolute atomic E-state index is 2.29. The number of hydrogen-bond donors (Lipinski definition) is 0. The zero-order chi connectivity index (χ0) is 22.4. The molecule has 0 heterocycles. The molecule has 36 heavy (non-hydrogen) atoms. The third-order valence-electron chi connectivity index (χ3n) is 7.10. The fraction of sp³-hybridized carbons (Fsp3) is 0.0909. The van der Waals surface area contributed by atoms with Crippen LogP contribution >= 0.6 is 0 Å². The fourth-order valence-corrected chi connectivity index (χ4v) is 5.68. The van der Waals surface area contributed by atoms with Crippen molar-refractivity contribution >= 4 is 43.1 Å². The predicted molar refractivity (Wildman–Crippen MR) is 144 cm³/mol. The first-order chi connectivity index (χ1) is 16.3. The first-order valence-corrected chi connectivity index (χ1v) is 11.7. The van der Waals surface area contributed by atoms with Crippen molar-refractivity contribution in [2.45, 2.75) is 20.3 Å². The van der Waals surface area contributed by atoms with E-state index < -0.39 is 0 Å². The minimum Gasteiger partial charge on any atom is -0.186 e. The van der Waals surface area contributed by atoms with Crippen molar-refractivity contribution in [3.63, 3.8) is 0 Å². The largest absolute Gasteiger partial charge is 0.186 e. The van der Waals surface area contributed by atoms with Gasteiger partial charge in [0.15, 0.2) is 0 Å². The van der Waals surface area contributed by atoms with E-state index in [4.69, 9.17) is 0 Å². The van der Waals surface area contributed by atoms with Gasteiger partial charge < -0.3 is 0 Å². The van der Waals surface area contributed by atoms with Crippen molar-refractivity contribution in [3.8, 4) is 0 Å². The molecule has 0 saturated heterocycles. The SMILES string of the molecule is C[CH-]c1c2ccccc2c(Cc2c3ccccc3c([CH-]C)c3ccccc23)c2ccccc12.[Y].[Y].[Y]. The molecule has 0 spiro atoms. The van der Waals surface area contributed by atoms with Crippen LogP contribution in [0.2, 0.25) is 0 Å². The Bertz CT molecular complexity index is 1430. The Morgan fingerprint density at radius 1 is 0.389 bits per heavy atom. The molecule has 0 N–H and O–H groups in total. The van der Waals surface area contributed by atoms with E-state index in [-0.39, 0.29) is 98.1 Å². The monoisotopic (exact) mass is 689 g/mol. The third kappa shape index (κ3) is 5.04. The molecule has 3 heteroatoms. The topological polar surface area (TPSA) is 0 Å². The van der Waals surface area contributed by atoms with Gasteiger partial charge in [0.05, 0.1) is 0 Å². The maximum Gasteiger partial charge on any atom is 0 e. The van der Waals surface area contributed by atoms with Crippen LogP contribution in [0.15, 0.2) is 97.1 Å². The Labute approximate surface area is 289 Å². The van der Waals surface area contributed by atoms with Gasteiger partial charge in [0.2, 0.25) is 0 Å². The van der Waals surface area contributed by atoms with Gasteiger partial charge in [0.25, 0.3) is 0 Å². The van der Waals surface area contributed by atoms with E-state index in [9.17, 15) is 0 Å². The molecule has 3 radical (unpaired) electrons. The Hall–Kier alpha value is -0.588. The first-order valence-electron chi connectivity index (χ1n) is 11.7. The summed E-state index contributed by atoms with van der Waals surface area (Å²) in [6.07, 6.45) is 5.41. The second-order valence-corrected chi connectivity index (χ2v) is 8.72. The van der Waals surface area contributed by atoms with Crippen molar-refractivity contribution in [1.82, 2.24) is 0 Å². The number of benzene rings is 6. The summed E-state index contributed by atoms with van der Waals surface area (Å²) in [6, 6.07) is 35.6. The Balaban J connectivity index is 0.00000120. The molecule has 6 rings (SSSR count). The van der Waals surface area contributed by atoms with Crippen LogP contribution in [-0.2, 0) is 105 Å². The number of hydrogen-bond acceptors (Lipinski definition) is 0. The number of rotatable bonds is 4. The number of fused-ring (bicyclic) bond motifs is 4. The van der Waals surface area contributed by atoms with Crippen molar-refractivity contribution in [2.24, 2.45) is 0 Å². The Morgan fingerprint density at radius 3 is 0.833 bits per heavy atom. The summed E-state index contributed by atoms with van der Waals surface area (Å²) in [4.78, 5) is 0. The zero-order valence-corrected chi connectivity index (χ0v) is 29.3. The second-order valence-electron chi connectivity index (χ2n) is 8.72. The third-order valence-corrected chi connectivity index (χ3v) is 7.10. The molecule has 0 unspecified atom stereocenters. The van der Waals surface area contributed by atoms with E-state index >= 15 is 0 Å². The molecule has 0 aromatic heterocycles. The van der Waals surface area contributed by atoms with Gasteiger partial charge >= 0.3 is 0 Å². The average Bonchev–Trinajstić information content (AvgIpc) is 2.88. The Kier molecular flexibility index (Phi) is 10.8. The van der Waals surface area contributed by atoms with Crippen LogP contribution in [0.25, 0.3) is 43.1 Å². The summed E-state index contributed by atoms with van der Waals surface area (Å²) < 4.78 is 0. The smallest absolute Gasteiger partial charge is 0 e. The van der Waals surface area contributed by atoms with E-state index in [1.807, 2.05) is 0 Å². The molecule has 0 fully saturated rings. The van der Waals surface area contributed by atoms with Gasteiger partial charge in [-0.1, -0.05) is 119 Å². The van der Waals surface area contributed by atoms with E-state index in [1.54, 1.807) is 0 Å². The van der Waals surface area contributed by atoms with Gasteiger partial charge in [-0.2, -0.15) is 24.0 Å². The van der Waals surface area contributed by atoms with Gasteiger partial charge in [0.1, 0.15) is 0 Å². The first kappa shape index (κ1) is 30.0. The molecule has 0 aliphatic carbocycles. The summed E-state index contributed by atoms with van der Waals surface area (Å²) in [6.45, 7) is 4.30. The summed E-state index contributed by atoms with van der Waals surface area (Å²) in [5, 5.41) is 10.7. The van der Waals surface area contributed by atoms with Crippen LogP contribution in [-0.4, -0.2) is 0 Å². The molecule has 0 bridgehead atoms. The normalized spacial score (nSPS) is 10.5. The molecular formula is C33H26Y3-2. The van der Waals surface area contributed by atoms with Gasteiger partial charge in [0, 0.05) is 98.1 Å². The second kappa shape index (κ2) is 13.0. The molecule has 6 aromatic rings. The molecule has 0 nitrogen and oxygen atoms in total. The molecule has 6 aromatic carbocycles. The van der Waals surface area contributed by atoms with Crippen LogP contribution in [0.5, 0.6) is 0 Å². The quantitative estimate of drug-likeness (QED) is 0.128. The van der Waals surface area contributed by atoms with Crippen LogP contribution in [0.4, 0.5) is 0 Å². The molecule has 169 valence electrons. The minimum absolute atomic E-state index is 0. The van der Waals surface area contributed by atoms with E-state index in [0.29, 0.717) is 0 Å². The summed E-state index contributed by atoms with van der Waals surface area (Å²) in [7, 11) is 0. The van der Waals surface area contributed by atoms with Gasteiger partial charge in [-0.15, -0.1) is 45.8 Å². The standard InChI is InChI=1S/C33H26.3Y/c1-3-22-24-13-5-9-17-28(24)32(29-18-10-6-14-25(22)29)21-33-30-19-11-7-15-26(30)23(4-2)27-16-8-12-20-31(27)33;;;/h3-20H,21H2,1-2H3;;;/q-2;;;. The summed E-state index contributed by atoms with van der Waals surface area (Å²) >= 11 is 0. The Morgan fingerprint density at radius 2 is 0.611 bits per heavy atom. The van der Waals surface area contributed by atoms with E-state index in [0.717, 1.165) is 6.42 Å². The van der Waals surface area contributed by atoms with E-state index in [1.165, 1.54) is 65.3 Å². The molecular weight excluding hydrogens is 663 g/mol. The molecule has 0 saturated carbocycles. The predicted octanol–water partition coefficient (Wildman–Crippen LogP) is 9.03. The van der Waals surface area contributed by atoms with Gasteiger partial charge in [-0.3, -0.25) is 0 Å². The fourth-order valence-electron chi connectivity index (χ4n) is 5.68. The maximum atomic E-state index is 2.29. The van der Waals surface area contributed by atoms with Crippen molar-refractivity contribution in [1.29, 1.82) is 0 Å². The van der Waals surface area contributed by atoms with Gasteiger partial charge in [-0.25, -0.2) is 0 Å².